The highest BCUT2D eigenvalue weighted by Gasteiger charge is 2.55. The second-order valence-corrected chi connectivity index (χ2v) is 7.37. The Bertz CT molecular complexity index is 763. The van der Waals surface area contributed by atoms with Gasteiger partial charge in [-0.2, -0.15) is 0 Å². The van der Waals surface area contributed by atoms with Crippen LogP contribution in [0.4, 0.5) is 0 Å². The fourth-order valence-electron chi connectivity index (χ4n) is 4.17. The molecule has 4 aliphatic rings. The van der Waals surface area contributed by atoms with E-state index in [0.29, 0.717) is 19.5 Å². The Labute approximate surface area is 151 Å². The van der Waals surface area contributed by atoms with Gasteiger partial charge < -0.3 is 20.4 Å². The maximum absolute atomic E-state index is 12.6. The number of aliphatic imine (C=N–C) groups is 2. The van der Waals surface area contributed by atoms with E-state index < -0.39 is 18.6 Å². The third kappa shape index (κ3) is 2.84. The normalized spacial score (nSPS) is 26.6. The van der Waals surface area contributed by atoms with Gasteiger partial charge in [0.2, 0.25) is 5.91 Å². The number of amides is 1. The molecule has 1 saturated carbocycles. The number of aliphatic hydroxyl groups excluding tert-OH is 1. The molecule has 3 aliphatic heterocycles. The summed E-state index contributed by atoms with van der Waals surface area (Å²) < 4.78 is 0. The van der Waals surface area contributed by atoms with Crippen LogP contribution in [0.15, 0.2) is 33.5 Å². The molecule has 0 radical (unpaired) electrons. The number of nitrogens with zero attached hydrogens (tertiary/aromatic N) is 3. The number of nitrogens with one attached hydrogen (secondary N) is 1. The first-order valence-corrected chi connectivity index (χ1v) is 8.91. The largest absolute Gasteiger partial charge is 0.480 e. The number of carbonyl (C=O) groups is 2. The van der Waals surface area contributed by atoms with Gasteiger partial charge in [0.1, 0.15) is 6.04 Å². The first-order chi connectivity index (χ1) is 12.5. The number of likely N-dealkylation sites (tertiary alicyclic amines) is 1. The monoisotopic (exact) mass is 358 g/mol. The Morgan fingerprint density at radius 3 is 2.92 bits per heavy atom. The lowest BCUT2D eigenvalue weighted by atomic mass is 9.81. The second-order valence-electron chi connectivity index (χ2n) is 7.37. The van der Waals surface area contributed by atoms with E-state index in [-0.39, 0.29) is 17.2 Å². The summed E-state index contributed by atoms with van der Waals surface area (Å²) >= 11 is 0. The number of allylic oxidation sites excluding steroid dienone is 2. The van der Waals surface area contributed by atoms with Crippen molar-refractivity contribution < 1.29 is 19.8 Å². The molecule has 0 aromatic rings. The van der Waals surface area contributed by atoms with E-state index in [4.69, 9.17) is 10.2 Å². The van der Waals surface area contributed by atoms with Gasteiger partial charge in [0, 0.05) is 37.0 Å². The van der Waals surface area contributed by atoms with Crippen LogP contribution in [0.5, 0.6) is 0 Å². The lowest BCUT2D eigenvalue weighted by Crippen LogP contribution is -2.52. The van der Waals surface area contributed by atoms with Gasteiger partial charge in [0.15, 0.2) is 0 Å². The molecule has 8 heteroatoms. The highest BCUT2D eigenvalue weighted by atomic mass is 16.4. The van der Waals surface area contributed by atoms with Crippen LogP contribution in [0.3, 0.4) is 0 Å². The molecule has 4 rings (SSSR count). The first kappa shape index (κ1) is 17.0. The van der Waals surface area contributed by atoms with Crippen molar-refractivity contribution in [3.05, 3.63) is 23.5 Å². The average Bonchev–Trinajstić information content (AvgIpc) is 3.20. The van der Waals surface area contributed by atoms with Crippen LogP contribution in [-0.4, -0.2) is 71.2 Å². The molecule has 0 aromatic carbocycles. The number of carboxylic acid groups (broad SMARTS) is 1. The molecule has 1 amide bonds. The molecular formula is C18H22N4O4. The number of piperidine rings is 1. The van der Waals surface area contributed by atoms with E-state index in [0.717, 1.165) is 36.4 Å². The highest BCUT2D eigenvalue weighted by molar-refractivity contribution is 6.12. The minimum Gasteiger partial charge on any atom is -0.480 e. The van der Waals surface area contributed by atoms with Crippen molar-refractivity contribution >= 4 is 23.8 Å². The standard InChI is InChI=1S/C18H22N4O4/c23-9-14(17(25)26)21-16(24)12-2-6-22(10-18(12)3-4-18)15-8-19-7-13-11(15)1-5-20-13/h1,5,8,12,14,23H,2-4,6-7,9-10H2,(H,21,24)(H,25,26)/t12-,14-/m1/s1. The number of carbonyl (C=O) groups excluding carboxylic acids is 1. The number of fused-ring (bicyclic) bond motifs is 1. The Morgan fingerprint density at radius 2 is 2.23 bits per heavy atom. The van der Waals surface area contributed by atoms with Crippen molar-refractivity contribution in [2.24, 2.45) is 21.3 Å². The number of aliphatic carboxylic acids is 1. The van der Waals surface area contributed by atoms with E-state index in [1.165, 1.54) is 0 Å². The summed E-state index contributed by atoms with van der Waals surface area (Å²) in [6.45, 7) is 1.47. The zero-order valence-electron chi connectivity index (χ0n) is 14.4. The summed E-state index contributed by atoms with van der Waals surface area (Å²) in [5.74, 6) is -1.69. The summed E-state index contributed by atoms with van der Waals surface area (Å²) in [5, 5.41) is 20.7. The minimum absolute atomic E-state index is 0.112. The molecule has 138 valence electrons. The topological polar surface area (TPSA) is 115 Å². The Hall–Kier alpha value is -2.48. The lowest BCUT2D eigenvalue weighted by molar-refractivity contribution is -0.144. The first-order valence-electron chi connectivity index (χ1n) is 8.91. The smallest absolute Gasteiger partial charge is 0.328 e. The number of aliphatic hydroxyl groups is 1. The fraction of sp³-hybridized carbons (Fsp3) is 0.556. The minimum atomic E-state index is -1.24. The fourth-order valence-corrected chi connectivity index (χ4v) is 4.17. The van der Waals surface area contributed by atoms with Gasteiger partial charge in [-0.3, -0.25) is 14.8 Å². The molecule has 8 nitrogen and oxygen atoms in total. The molecule has 0 bridgehead atoms. The molecule has 26 heavy (non-hydrogen) atoms. The molecule has 1 spiro atoms. The Balaban J connectivity index is 1.49. The maximum atomic E-state index is 12.6. The van der Waals surface area contributed by atoms with Crippen LogP contribution in [-0.2, 0) is 9.59 Å². The van der Waals surface area contributed by atoms with Gasteiger partial charge in [0.25, 0.3) is 0 Å². The molecule has 2 fully saturated rings. The van der Waals surface area contributed by atoms with Crippen molar-refractivity contribution in [2.45, 2.75) is 25.3 Å². The zero-order chi connectivity index (χ0) is 18.3. The molecule has 3 N–H and O–H groups in total. The highest BCUT2D eigenvalue weighted by Crippen LogP contribution is 2.56. The zero-order valence-corrected chi connectivity index (χ0v) is 14.4. The van der Waals surface area contributed by atoms with Crippen molar-refractivity contribution in [1.82, 2.24) is 10.2 Å². The van der Waals surface area contributed by atoms with Gasteiger partial charge in [-0.15, -0.1) is 0 Å². The third-order valence-electron chi connectivity index (χ3n) is 5.79. The summed E-state index contributed by atoms with van der Waals surface area (Å²) in [6, 6.07) is -1.24. The van der Waals surface area contributed by atoms with Gasteiger partial charge in [-0.1, -0.05) is 0 Å². The Kier molecular flexibility index (Phi) is 4.14. The molecule has 0 unspecified atom stereocenters. The number of hydrogen-bond acceptors (Lipinski definition) is 6. The third-order valence-corrected chi connectivity index (χ3v) is 5.79. The van der Waals surface area contributed by atoms with E-state index in [9.17, 15) is 9.59 Å². The van der Waals surface area contributed by atoms with Crippen molar-refractivity contribution in [1.29, 1.82) is 0 Å². The van der Waals surface area contributed by atoms with Crippen LogP contribution in [0, 0.1) is 11.3 Å². The summed E-state index contributed by atoms with van der Waals surface area (Å²) in [6.07, 6.45) is 8.27. The van der Waals surface area contributed by atoms with E-state index in [1.807, 2.05) is 12.3 Å². The molecular weight excluding hydrogens is 336 g/mol. The molecule has 1 saturated heterocycles. The van der Waals surface area contributed by atoms with Crippen LogP contribution < -0.4 is 5.32 Å². The summed E-state index contributed by atoms with van der Waals surface area (Å²) in [7, 11) is 0. The number of dihydropyridines is 1. The van der Waals surface area contributed by atoms with Gasteiger partial charge in [0.05, 0.1) is 24.6 Å². The predicted molar refractivity (Wildman–Crippen MR) is 95.0 cm³/mol. The average molecular weight is 358 g/mol. The SMILES string of the molecule is O=C(N[C@H](CO)C(=O)O)[C@H]1CCN(C2=C3C=CN=C3CN=C2)CC12CC2. The molecule has 1 aliphatic carbocycles. The number of rotatable bonds is 5. The summed E-state index contributed by atoms with van der Waals surface area (Å²) in [5.41, 5.74) is 3.05. The quantitative estimate of drug-likeness (QED) is 0.638. The Morgan fingerprint density at radius 1 is 1.42 bits per heavy atom. The van der Waals surface area contributed by atoms with E-state index >= 15 is 0 Å². The van der Waals surface area contributed by atoms with Gasteiger partial charge in [-0.25, -0.2) is 4.79 Å². The second kappa shape index (κ2) is 6.35. The molecule has 0 aromatic heterocycles. The van der Waals surface area contributed by atoms with Crippen LogP contribution >= 0.6 is 0 Å². The van der Waals surface area contributed by atoms with Crippen molar-refractivity contribution in [3.8, 4) is 0 Å². The van der Waals surface area contributed by atoms with Crippen LogP contribution in [0.2, 0.25) is 0 Å². The van der Waals surface area contributed by atoms with Gasteiger partial charge >= 0.3 is 5.97 Å². The van der Waals surface area contributed by atoms with Gasteiger partial charge in [-0.05, 0) is 30.8 Å². The van der Waals surface area contributed by atoms with E-state index in [1.54, 1.807) is 6.20 Å². The predicted octanol–water partition coefficient (Wildman–Crippen LogP) is -0.0430. The van der Waals surface area contributed by atoms with E-state index in [2.05, 4.69) is 20.2 Å². The van der Waals surface area contributed by atoms with Crippen LogP contribution in [0.25, 0.3) is 0 Å². The van der Waals surface area contributed by atoms with Crippen LogP contribution in [0.1, 0.15) is 19.3 Å². The molecule has 2 atom stereocenters. The lowest BCUT2D eigenvalue weighted by Gasteiger charge is -2.41. The molecule has 3 heterocycles. The summed E-state index contributed by atoms with van der Waals surface area (Å²) in [4.78, 5) is 34.7. The maximum Gasteiger partial charge on any atom is 0.328 e. The number of carboxylic acids is 1. The van der Waals surface area contributed by atoms with Crippen molar-refractivity contribution in [2.75, 3.05) is 26.2 Å². The number of hydrogen-bond donors (Lipinski definition) is 3. The van der Waals surface area contributed by atoms with Crippen molar-refractivity contribution in [3.63, 3.8) is 0 Å².